The van der Waals surface area contributed by atoms with E-state index in [0.717, 1.165) is 36.7 Å². The second-order valence-electron chi connectivity index (χ2n) is 7.45. The number of methoxy groups -OCH3 is 1. The van der Waals surface area contributed by atoms with Crippen LogP contribution in [0.3, 0.4) is 0 Å². The van der Waals surface area contributed by atoms with E-state index in [1.54, 1.807) is 26.1 Å². The Morgan fingerprint density at radius 2 is 1.96 bits per heavy atom. The van der Waals surface area contributed by atoms with E-state index in [0.29, 0.717) is 12.0 Å². The van der Waals surface area contributed by atoms with E-state index in [2.05, 4.69) is 28.6 Å². The normalized spacial score (nSPS) is 19.4. The molecule has 158 valence electrons. The van der Waals surface area contributed by atoms with Crippen LogP contribution in [0.15, 0.2) is 29.3 Å². The molecule has 2 unspecified atom stereocenters. The summed E-state index contributed by atoms with van der Waals surface area (Å²) in [7, 11) is 5.20. The second kappa shape index (κ2) is 12.9. The first-order chi connectivity index (χ1) is 13.0. The van der Waals surface area contributed by atoms with Crippen LogP contribution in [0.4, 0.5) is 0 Å². The fourth-order valence-corrected chi connectivity index (χ4v) is 3.37. The summed E-state index contributed by atoms with van der Waals surface area (Å²) in [5, 5.41) is 6.95. The summed E-state index contributed by atoms with van der Waals surface area (Å²) in [4.78, 5) is 18.0. The van der Waals surface area contributed by atoms with Gasteiger partial charge in [0, 0.05) is 26.7 Å². The summed E-state index contributed by atoms with van der Waals surface area (Å²) in [6, 6.07) is 8.45. The van der Waals surface area contributed by atoms with Crippen molar-refractivity contribution in [1.82, 2.24) is 15.5 Å². The number of hydrogen-bond donors (Lipinski definition) is 2. The average Bonchev–Trinajstić information content (AvgIpc) is 2.67. The third-order valence-corrected chi connectivity index (χ3v) is 5.18. The molecule has 0 spiro atoms. The van der Waals surface area contributed by atoms with Gasteiger partial charge in [-0.25, -0.2) is 4.99 Å². The van der Waals surface area contributed by atoms with Crippen LogP contribution in [-0.4, -0.2) is 57.1 Å². The molecule has 1 fully saturated rings. The van der Waals surface area contributed by atoms with E-state index in [9.17, 15) is 4.79 Å². The summed E-state index contributed by atoms with van der Waals surface area (Å²) in [6.45, 7) is 3.16. The summed E-state index contributed by atoms with van der Waals surface area (Å²) in [5.74, 6) is 2.23. The number of amides is 1. The Labute approximate surface area is 186 Å². The largest absolute Gasteiger partial charge is 0.496 e. The van der Waals surface area contributed by atoms with Gasteiger partial charge in [0.25, 0.3) is 0 Å². The molecule has 28 heavy (non-hydrogen) atoms. The van der Waals surface area contributed by atoms with Gasteiger partial charge < -0.3 is 20.3 Å². The van der Waals surface area contributed by atoms with Crippen molar-refractivity contribution in [1.29, 1.82) is 0 Å². The predicted octanol–water partition coefficient (Wildman–Crippen LogP) is 3.06. The molecule has 7 heteroatoms. The minimum absolute atomic E-state index is 0. The molecule has 2 N–H and O–H groups in total. The fourth-order valence-electron chi connectivity index (χ4n) is 3.37. The van der Waals surface area contributed by atoms with Gasteiger partial charge in [-0.2, -0.15) is 0 Å². The molecule has 1 saturated carbocycles. The third kappa shape index (κ3) is 7.85. The molecular formula is C21H35IN4O2. The number of aliphatic imine (C=N–C) groups is 1. The molecule has 0 radical (unpaired) electrons. The highest BCUT2D eigenvalue weighted by Crippen LogP contribution is 2.23. The lowest BCUT2D eigenvalue weighted by molar-refractivity contribution is -0.127. The SMILES string of the molecule is COc1ccccc1CCNC(=NCC(=O)N(C)C)NC1CCCCC1C.I. The maximum Gasteiger partial charge on any atom is 0.243 e. The third-order valence-electron chi connectivity index (χ3n) is 5.18. The lowest BCUT2D eigenvalue weighted by Gasteiger charge is -2.31. The van der Waals surface area contributed by atoms with Crippen LogP contribution in [0.5, 0.6) is 5.75 Å². The van der Waals surface area contributed by atoms with Crippen molar-refractivity contribution in [2.75, 3.05) is 34.3 Å². The predicted molar refractivity (Wildman–Crippen MR) is 126 cm³/mol. The van der Waals surface area contributed by atoms with Crippen molar-refractivity contribution in [3.8, 4) is 5.75 Å². The summed E-state index contributed by atoms with van der Waals surface area (Å²) in [5.41, 5.74) is 1.15. The van der Waals surface area contributed by atoms with Gasteiger partial charge in [0.15, 0.2) is 5.96 Å². The zero-order valence-electron chi connectivity index (χ0n) is 17.5. The van der Waals surface area contributed by atoms with Gasteiger partial charge >= 0.3 is 0 Å². The summed E-state index contributed by atoms with van der Waals surface area (Å²) < 4.78 is 5.42. The fraction of sp³-hybridized carbons (Fsp3) is 0.619. The Bertz CT molecular complexity index is 637. The van der Waals surface area contributed by atoms with Crippen LogP contribution in [0.25, 0.3) is 0 Å². The number of nitrogens with one attached hydrogen (secondary N) is 2. The first-order valence-electron chi connectivity index (χ1n) is 9.88. The average molecular weight is 502 g/mol. The molecule has 1 aliphatic rings. The molecule has 1 aliphatic carbocycles. The first kappa shape index (κ1) is 24.5. The number of nitrogens with zero attached hydrogens (tertiary/aromatic N) is 2. The van der Waals surface area contributed by atoms with E-state index < -0.39 is 0 Å². The van der Waals surface area contributed by atoms with Crippen LogP contribution < -0.4 is 15.4 Å². The summed E-state index contributed by atoms with van der Waals surface area (Å²) >= 11 is 0. The van der Waals surface area contributed by atoms with Crippen molar-refractivity contribution < 1.29 is 9.53 Å². The minimum atomic E-state index is -0.00230. The molecule has 0 heterocycles. The van der Waals surface area contributed by atoms with Gasteiger partial charge in [-0.1, -0.05) is 38.0 Å². The topological polar surface area (TPSA) is 66.0 Å². The minimum Gasteiger partial charge on any atom is -0.496 e. The van der Waals surface area contributed by atoms with Gasteiger partial charge in [-0.3, -0.25) is 4.79 Å². The van der Waals surface area contributed by atoms with E-state index in [1.807, 2.05) is 18.2 Å². The molecule has 2 atom stereocenters. The van der Waals surface area contributed by atoms with E-state index >= 15 is 0 Å². The number of benzene rings is 1. The number of carbonyl (C=O) groups excluding carboxylic acids is 1. The second-order valence-corrected chi connectivity index (χ2v) is 7.45. The number of para-hydroxylation sites is 1. The van der Waals surface area contributed by atoms with Crippen molar-refractivity contribution in [3.63, 3.8) is 0 Å². The highest BCUT2D eigenvalue weighted by Gasteiger charge is 2.22. The van der Waals surface area contributed by atoms with Crippen LogP contribution >= 0.6 is 24.0 Å². The molecule has 1 amide bonds. The lowest BCUT2D eigenvalue weighted by atomic mass is 9.86. The molecule has 1 aromatic rings. The van der Waals surface area contributed by atoms with E-state index in [-0.39, 0.29) is 36.4 Å². The number of carbonyl (C=O) groups is 1. The lowest BCUT2D eigenvalue weighted by Crippen LogP contribution is -2.48. The molecule has 0 aromatic heterocycles. The molecule has 1 aromatic carbocycles. The molecule has 0 saturated heterocycles. The van der Waals surface area contributed by atoms with Crippen molar-refractivity contribution in [3.05, 3.63) is 29.8 Å². The van der Waals surface area contributed by atoms with Gasteiger partial charge in [0.05, 0.1) is 7.11 Å². The zero-order chi connectivity index (χ0) is 19.6. The maximum atomic E-state index is 11.9. The van der Waals surface area contributed by atoms with Gasteiger partial charge in [0.1, 0.15) is 12.3 Å². The molecule has 0 aliphatic heterocycles. The highest BCUT2D eigenvalue weighted by atomic mass is 127. The standard InChI is InChI=1S/C21H34N4O2.HI/c1-16-9-5-7-11-18(16)24-21(23-15-20(26)25(2)3)22-14-13-17-10-6-8-12-19(17)27-4;/h6,8,10,12,16,18H,5,7,9,11,13-15H2,1-4H3,(H2,22,23,24);1H. The monoisotopic (exact) mass is 502 g/mol. The maximum absolute atomic E-state index is 11.9. The van der Waals surface area contributed by atoms with Gasteiger partial charge in [-0.05, 0) is 36.8 Å². The van der Waals surface area contributed by atoms with Crippen LogP contribution in [0, 0.1) is 5.92 Å². The Kier molecular flexibility index (Phi) is 11.3. The molecule has 0 bridgehead atoms. The number of guanidine groups is 1. The van der Waals surface area contributed by atoms with E-state index in [1.165, 1.54) is 19.3 Å². The van der Waals surface area contributed by atoms with Crippen molar-refractivity contribution in [2.24, 2.45) is 10.9 Å². The Balaban J connectivity index is 0.00000392. The Hall–Kier alpha value is -1.51. The van der Waals surface area contributed by atoms with Crippen LogP contribution in [-0.2, 0) is 11.2 Å². The molecular weight excluding hydrogens is 467 g/mol. The van der Waals surface area contributed by atoms with Crippen molar-refractivity contribution >= 4 is 35.8 Å². The molecule has 6 nitrogen and oxygen atoms in total. The molecule has 2 rings (SSSR count). The quantitative estimate of drug-likeness (QED) is 0.342. The van der Waals surface area contributed by atoms with Gasteiger partial charge in [0.2, 0.25) is 5.91 Å². The van der Waals surface area contributed by atoms with Crippen molar-refractivity contribution in [2.45, 2.75) is 45.1 Å². The highest BCUT2D eigenvalue weighted by molar-refractivity contribution is 14.0. The number of rotatable bonds is 7. The number of ether oxygens (including phenoxy) is 1. The van der Waals surface area contributed by atoms with Crippen LogP contribution in [0.2, 0.25) is 0 Å². The summed E-state index contributed by atoms with van der Waals surface area (Å²) in [6.07, 6.45) is 5.75. The smallest absolute Gasteiger partial charge is 0.243 e. The number of likely N-dealkylation sites (N-methyl/N-ethyl adjacent to an activating group) is 1. The van der Waals surface area contributed by atoms with Crippen LogP contribution in [0.1, 0.15) is 38.2 Å². The van der Waals surface area contributed by atoms with E-state index in [4.69, 9.17) is 4.74 Å². The van der Waals surface area contributed by atoms with Gasteiger partial charge in [-0.15, -0.1) is 24.0 Å². The number of halogens is 1. The Morgan fingerprint density at radius 1 is 1.25 bits per heavy atom. The Morgan fingerprint density at radius 3 is 2.64 bits per heavy atom. The zero-order valence-corrected chi connectivity index (χ0v) is 19.9. The number of hydrogen-bond acceptors (Lipinski definition) is 3. The first-order valence-corrected chi connectivity index (χ1v) is 9.88.